The number of nitrogen functional groups attached to an aromatic ring is 1. The van der Waals surface area contributed by atoms with Gasteiger partial charge < -0.3 is 16.2 Å². The standard InChI is InChI=1S/C12H16N2O2/c13-10-5-3-9(4-6-10)12(16)14-7-11(15)8-1-2-8/h3-6,8,11,15H,1-2,7,13H2,(H,14,16). The fraction of sp³-hybridized carbons (Fsp3) is 0.417. The van der Waals surface area contributed by atoms with Crippen LogP contribution >= 0.6 is 0 Å². The monoisotopic (exact) mass is 220 g/mol. The molecule has 1 aromatic carbocycles. The number of carbonyl (C=O) groups is 1. The molecule has 86 valence electrons. The molecule has 1 fully saturated rings. The van der Waals surface area contributed by atoms with E-state index in [-0.39, 0.29) is 5.91 Å². The van der Waals surface area contributed by atoms with Gasteiger partial charge in [0.15, 0.2) is 0 Å². The second kappa shape index (κ2) is 4.53. The molecule has 1 saturated carbocycles. The van der Waals surface area contributed by atoms with E-state index in [1.54, 1.807) is 24.3 Å². The maximum Gasteiger partial charge on any atom is 0.251 e. The van der Waals surface area contributed by atoms with E-state index >= 15 is 0 Å². The molecule has 4 heteroatoms. The number of aliphatic hydroxyl groups is 1. The average molecular weight is 220 g/mol. The summed E-state index contributed by atoms with van der Waals surface area (Å²) in [6.07, 6.45) is 1.73. The van der Waals surface area contributed by atoms with Crippen molar-refractivity contribution in [3.8, 4) is 0 Å². The lowest BCUT2D eigenvalue weighted by molar-refractivity contribution is 0.0901. The Morgan fingerprint density at radius 1 is 1.44 bits per heavy atom. The van der Waals surface area contributed by atoms with Crippen LogP contribution in [0.5, 0.6) is 0 Å². The van der Waals surface area contributed by atoms with Gasteiger partial charge >= 0.3 is 0 Å². The van der Waals surface area contributed by atoms with Crippen LogP contribution in [0, 0.1) is 5.92 Å². The number of nitrogens with one attached hydrogen (secondary N) is 1. The number of hydrogen-bond donors (Lipinski definition) is 3. The van der Waals surface area contributed by atoms with Crippen molar-refractivity contribution >= 4 is 11.6 Å². The van der Waals surface area contributed by atoms with Gasteiger partial charge in [0.2, 0.25) is 0 Å². The first-order valence-electron chi connectivity index (χ1n) is 5.48. The first-order chi connectivity index (χ1) is 7.66. The van der Waals surface area contributed by atoms with Gasteiger partial charge in [-0.3, -0.25) is 4.79 Å². The molecule has 4 nitrogen and oxygen atoms in total. The van der Waals surface area contributed by atoms with Gasteiger partial charge in [0.05, 0.1) is 6.10 Å². The van der Waals surface area contributed by atoms with E-state index in [0.717, 1.165) is 12.8 Å². The molecule has 16 heavy (non-hydrogen) atoms. The van der Waals surface area contributed by atoms with Gasteiger partial charge in [-0.25, -0.2) is 0 Å². The van der Waals surface area contributed by atoms with Crippen molar-refractivity contribution in [1.82, 2.24) is 5.32 Å². The molecule has 0 aliphatic heterocycles. The summed E-state index contributed by atoms with van der Waals surface area (Å²) < 4.78 is 0. The molecule has 1 aliphatic carbocycles. The van der Waals surface area contributed by atoms with Crippen molar-refractivity contribution in [2.24, 2.45) is 5.92 Å². The highest BCUT2D eigenvalue weighted by Crippen LogP contribution is 2.32. The third-order valence-corrected chi connectivity index (χ3v) is 2.81. The summed E-state index contributed by atoms with van der Waals surface area (Å²) in [5.74, 6) is 0.214. The Morgan fingerprint density at radius 3 is 2.62 bits per heavy atom. The SMILES string of the molecule is Nc1ccc(C(=O)NCC(O)C2CC2)cc1. The van der Waals surface area contributed by atoms with Crippen LogP contribution in [-0.4, -0.2) is 23.7 Å². The van der Waals surface area contributed by atoms with Gasteiger partial charge in [-0.15, -0.1) is 0 Å². The lowest BCUT2D eigenvalue weighted by Crippen LogP contribution is -2.33. The third kappa shape index (κ3) is 2.73. The molecule has 0 aromatic heterocycles. The summed E-state index contributed by atoms with van der Waals surface area (Å²) in [4.78, 5) is 11.6. The lowest BCUT2D eigenvalue weighted by Gasteiger charge is -2.10. The molecule has 1 unspecified atom stereocenters. The largest absolute Gasteiger partial charge is 0.399 e. The molecule has 0 saturated heterocycles. The van der Waals surface area contributed by atoms with Crippen molar-refractivity contribution in [3.63, 3.8) is 0 Å². The maximum atomic E-state index is 11.6. The third-order valence-electron chi connectivity index (χ3n) is 2.81. The van der Waals surface area contributed by atoms with Gasteiger partial charge in [0, 0.05) is 17.8 Å². The molecule has 1 atom stereocenters. The predicted molar refractivity (Wildman–Crippen MR) is 61.9 cm³/mol. The Labute approximate surface area is 94.5 Å². The minimum Gasteiger partial charge on any atom is -0.399 e. The minimum absolute atomic E-state index is 0.167. The Morgan fingerprint density at radius 2 is 2.06 bits per heavy atom. The Hall–Kier alpha value is -1.55. The molecule has 0 bridgehead atoms. The number of amides is 1. The molecule has 0 radical (unpaired) electrons. The lowest BCUT2D eigenvalue weighted by atomic mass is 10.2. The molecular formula is C12H16N2O2. The van der Waals surface area contributed by atoms with Crippen LogP contribution in [0.15, 0.2) is 24.3 Å². The highest BCUT2D eigenvalue weighted by Gasteiger charge is 2.29. The number of nitrogens with two attached hydrogens (primary N) is 1. The second-order valence-corrected chi connectivity index (χ2v) is 4.24. The second-order valence-electron chi connectivity index (χ2n) is 4.24. The quantitative estimate of drug-likeness (QED) is 0.656. The summed E-state index contributed by atoms with van der Waals surface area (Å²) in [5.41, 5.74) is 6.73. The van der Waals surface area contributed by atoms with Crippen molar-refractivity contribution in [2.45, 2.75) is 18.9 Å². The topological polar surface area (TPSA) is 75.4 Å². The van der Waals surface area contributed by atoms with Crippen LogP contribution in [-0.2, 0) is 0 Å². The van der Waals surface area contributed by atoms with E-state index in [4.69, 9.17) is 5.73 Å². The zero-order valence-electron chi connectivity index (χ0n) is 9.02. The van der Waals surface area contributed by atoms with Crippen molar-refractivity contribution in [1.29, 1.82) is 0 Å². The summed E-state index contributed by atoms with van der Waals surface area (Å²) in [5, 5.41) is 12.3. The number of aliphatic hydroxyl groups excluding tert-OH is 1. The predicted octanol–water partition coefficient (Wildman–Crippen LogP) is 0.769. The van der Waals surface area contributed by atoms with Crippen LogP contribution in [0.1, 0.15) is 23.2 Å². The number of carbonyl (C=O) groups excluding carboxylic acids is 1. The van der Waals surface area contributed by atoms with Crippen LogP contribution in [0.25, 0.3) is 0 Å². The highest BCUT2D eigenvalue weighted by atomic mass is 16.3. The Kier molecular flexibility index (Phi) is 3.10. The minimum atomic E-state index is -0.405. The van der Waals surface area contributed by atoms with Crippen molar-refractivity contribution in [3.05, 3.63) is 29.8 Å². The van der Waals surface area contributed by atoms with E-state index in [0.29, 0.717) is 23.7 Å². The van der Waals surface area contributed by atoms with E-state index in [9.17, 15) is 9.90 Å². The number of hydrogen-bond acceptors (Lipinski definition) is 3. The Bertz CT molecular complexity index is 371. The first-order valence-corrected chi connectivity index (χ1v) is 5.48. The molecule has 2 rings (SSSR count). The van der Waals surface area contributed by atoms with Gasteiger partial charge in [0.25, 0.3) is 5.91 Å². The normalized spacial score (nSPS) is 16.8. The van der Waals surface area contributed by atoms with Crippen LogP contribution < -0.4 is 11.1 Å². The zero-order chi connectivity index (χ0) is 11.5. The molecule has 4 N–H and O–H groups in total. The van der Waals surface area contributed by atoms with E-state index in [2.05, 4.69) is 5.32 Å². The summed E-state index contributed by atoms with van der Waals surface area (Å²) in [6, 6.07) is 6.72. The maximum absolute atomic E-state index is 11.6. The summed E-state index contributed by atoms with van der Waals surface area (Å²) in [7, 11) is 0. The number of anilines is 1. The summed E-state index contributed by atoms with van der Waals surface area (Å²) >= 11 is 0. The van der Waals surface area contributed by atoms with Gasteiger partial charge in [0.1, 0.15) is 0 Å². The highest BCUT2D eigenvalue weighted by molar-refractivity contribution is 5.94. The Balaban J connectivity index is 1.85. The molecule has 1 amide bonds. The van der Waals surface area contributed by atoms with E-state index in [1.165, 1.54) is 0 Å². The fourth-order valence-electron chi connectivity index (χ4n) is 1.58. The van der Waals surface area contributed by atoms with Crippen LogP contribution in [0.2, 0.25) is 0 Å². The number of benzene rings is 1. The molecular weight excluding hydrogens is 204 g/mol. The number of rotatable bonds is 4. The smallest absolute Gasteiger partial charge is 0.251 e. The van der Waals surface area contributed by atoms with Crippen LogP contribution in [0.4, 0.5) is 5.69 Å². The van der Waals surface area contributed by atoms with Crippen molar-refractivity contribution in [2.75, 3.05) is 12.3 Å². The molecule has 1 aromatic rings. The van der Waals surface area contributed by atoms with Gasteiger partial charge in [-0.2, -0.15) is 0 Å². The molecule has 1 aliphatic rings. The van der Waals surface area contributed by atoms with Crippen molar-refractivity contribution < 1.29 is 9.90 Å². The average Bonchev–Trinajstić information content (AvgIpc) is 3.10. The zero-order valence-corrected chi connectivity index (χ0v) is 9.02. The van der Waals surface area contributed by atoms with E-state index in [1.807, 2.05) is 0 Å². The molecule has 0 spiro atoms. The first kappa shape index (κ1) is 11.0. The van der Waals surface area contributed by atoms with E-state index < -0.39 is 6.10 Å². The fourth-order valence-corrected chi connectivity index (χ4v) is 1.58. The van der Waals surface area contributed by atoms with Gasteiger partial charge in [-0.1, -0.05) is 0 Å². The van der Waals surface area contributed by atoms with Crippen LogP contribution in [0.3, 0.4) is 0 Å². The summed E-state index contributed by atoms with van der Waals surface area (Å²) in [6.45, 7) is 0.327. The van der Waals surface area contributed by atoms with Gasteiger partial charge in [-0.05, 0) is 43.0 Å². The molecule has 0 heterocycles.